The summed E-state index contributed by atoms with van der Waals surface area (Å²) in [5.41, 5.74) is 0. The Balaban J connectivity index is 1.61. The molecule has 0 aromatic carbocycles. The molecule has 0 amide bonds. The molecule has 0 atom stereocenters. The van der Waals surface area contributed by atoms with Crippen LogP contribution in [0.5, 0.6) is 0 Å². The molecular weight excluding hydrogens is 248 g/mol. The van der Waals surface area contributed by atoms with Crippen LogP contribution in [-0.4, -0.2) is 19.1 Å². The summed E-state index contributed by atoms with van der Waals surface area (Å²) >= 11 is 5.17. The molecule has 4 heteroatoms. The molecule has 2 nitrogen and oxygen atoms in total. The van der Waals surface area contributed by atoms with Gasteiger partial charge in [0.25, 0.3) is 0 Å². The molecule has 1 fully saturated rings. The van der Waals surface area contributed by atoms with Crippen molar-refractivity contribution < 1.29 is 0 Å². The minimum Gasteiger partial charge on any atom is -0.376 e. The second-order valence-corrected chi connectivity index (χ2v) is 5.11. The van der Waals surface area contributed by atoms with Gasteiger partial charge in [-0.05, 0) is 34.8 Å². The summed E-state index contributed by atoms with van der Waals surface area (Å²) in [5.74, 6) is 0. The van der Waals surface area contributed by atoms with E-state index in [1.54, 1.807) is 11.3 Å². The van der Waals surface area contributed by atoms with Crippen molar-refractivity contribution in [1.29, 1.82) is 0 Å². The van der Waals surface area contributed by atoms with Crippen molar-refractivity contribution in [2.45, 2.75) is 18.9 Å². The Morgan fingerprint density at radius 3 is 2.92 bits per heavy atom. The zero-order valence-electron chi connectivity index (χ0n) is 7.35. The zero-order valence-corrected chi connectivity index (χ0v) is 9.75. The Morgan fingerprint density at radius 1 is 1.46 bits per heavy atom. The highest BCUT2D eigenvalue weighted by Crippen LogP contribution is 2.24. The Labute approximate surface area is 90.9 Å². The molecule has 1 saturated carbocycles. The number of hydrogen-bond acceptors (Lipinski definition) is 3. The van der Waals surface area contributed by atoms with Crippen molar-refractivity contribution in [3.05, 3.63) is 15.9 Å². The monoisotopic (exact) mass is 260 g/mol. The molecule has 0 unspecified atom stereocenters. The van der Waals surface area contributed by atoms with E-state index in [2.05, 4.69) is 38.0 Å². The van der Waals surface area contributed by atoms with Gasteiger partial charge < -0.3 is 10.6 Å². The van der Waals surface area contributed by atoms with Gasteiger partial charge in [-0.25, -0.2) is 0 Å². The maximum Gasteiger partial charge on any atom is 0.0894 e. The Bertz CT molecular complexity index is 270. The van der Waals surface area contributed by atoms with Crippen LogP contribution >= 0.6 is 27.3 Å². The minimum atomic E-state index is 0.817. The fourth-order valence-corrected chi connectivity index (χ4v) is 2.50. The lowest BCUT2D eigenvalue weighted by atomic mass is 10.5. The van der Waals surface area contributed by atoms with Gasteiger partial charge in [-0.1, -0.05) is 0 Å². The molecule has 1 aliphatic rings. The predicted octanol–water partition coefficient (Wildman–Crippen LogP) is 2.67. The van der Waals surface area contributed by atoms with E-state index in [1.165, 1.54) is 17.8 Å². The average Bonchev–Trinajstić information content (AvgIpc) is 2.84. The van der Waals surface area contributed by atoms with Gasteiger partial charge in [0.2, 0.25) is 0 Å². The van der Waals surface area contributed by atoms with E-state index in [0.717, 1.165) is 23.6 Å². The predicted molar refractivity (Wildman–Crippen MR) is 61.5 cm³/mol. The number of thiophene rings is 1. The molecule has 0 radical (unpaired) electrons. The van der Waals surface area contributed by atoms with Crippen molar-refractivity contribution in [3.8, 4) is 0 Å². The van der Waals surface area contributed by atoms with E-state index < -0.39 is 0 Å². The van der Waals surface area contributed by atoms with Crippen LogP contribution in [0.1, 0.15) is 12.8 Å². The highest BCUT2D eigenvalue weighted by atomic mass is 79.9. The SMILES string of the molecule is Brc1csc(NCCNC2CC2)c1. The van der Waals surface area contributed by atoms with Gasteiger partial charge in [0.05, 0.1) is 5.00 Å². The molecule has 0 bridgehead atoms. The molecule has 1 heterocycles. The molecule has 2 rings (SSSR count). The smallest absolute Gasteiger partial charge is 0.0894 e. The summed E-state index contributed by atoms with van der Waals surface area (Å²) in [6.07, 6.45) is 2.73. The summed E-state index contributed by atoms with van der Waals surface area (Å²) in [6, 6.07) is 2.93. The number of nitrogens with one attached hydrogen (secondary N) is 2. The summed E-state index contributed by atoms with van der Waals surface area (Å²) in [5, 5.41) is 10.2. The third kappa shape index (κ3) is 3.29. The Kier molecular flexibility index (Phi) is 3.24. The van der Waals surface area contributed by atoms with Gasteiger partial charge >= 0.3 is 0 Å². The van der Waals surface area contributed by atoms with E-state index in [9.17, 15) is 0 Å². The number of halogens is 1. The molecule has 0 aliphatic heterocycles. The molecule has 1 aromatic heterocycles. The van der Waals surface area contributed by atoms with E-state index in [0.29, 0.717) is 0 Å². The standard InChI is InChI=1S/C9H13BrN2S/c10-7-5-9(13-6-7)12-4-3-11-8-1-2-8/h5-6,8,11-12H,1-4H2. The van der Waals surface area contributed by atoms with Gasteiger partial charge in [-0.15, -0.1) is 11.3 Å². The number of anilines is 1. The van der Waals surface area contributed by atoms with Crippen LogP contribution in [0.2, 0.25) is 0 Å². The van der Waals surface area contributed by atoms with Crippen molar-refractivity contribution in [1.82, 2.24) is 5.32 Å². The van der Waals surface area contributed by atoms with Gasteiger partial charge in [0.15, 0.2) is 0 Å². The minimum absolute atomic E-state index is 0.817. The Morgan fingerprint density at radius 2 is 2.31 bits per heavy atom. The fourth-order valence-electron chi connectivity index (χ4n) is 1.16. The first kappa shape index (κ1) is 9.49. The van der Waals surface area contributed by atoms with Crippen LogP contribution in [0.3, 0.4) is 0 Å². The lowest BCUT2D eigenvalue weighted by molar-refractivity contribution is 0.702. The second-order valence-electron chi connectivity index (χ2n) is 3.28. The topological polar surface area (TPSA) is 24.1 Å². The third-order valence-electron chi connectivity index (χ3n) is 2.00. The molecule has 13 heavy (non-hydrogen) atoms. The van der Waals surface area contributed by atoms with Crippen LogP contribution in [0.15, 0.2) is 15.9 Å². The molecule has 1 aromatic rings. The fraction of sp³-hybridized carbons (Fsp3) is 0.556. The number of hydrogen-bond donors (Lipinski definition) is 2. The molecule has 1 aliphatic carbocycles. The molecule has 72 valence electrons. The van der Waals surface area contributed by atoms with Crippen LogP contribution in [0.25, 0.3) is 0 Å². The molecule has 0 saturated heterocycles. The van der Waals surface area contributed by atoms with Gasteiger partial charge in [0.1, 0.15) is 0 Å². The van der Waals surface area contributed by atoms with Crippen molar-refractivity contribution >= 4 is 32.3 Å². The Hall–Kier alpha value is -0.0600. The summed E-state index contributed by atoms with van der Waals surface area (Å²) < 4.78 is 1.16. The average molecular weight is 261 g/mol. The quantitative estimate of drug-likeness (QED) is 0.796. The maximum absolute atomic E-state index is 3.46. The molecule has 2 N–H and O–H groups in total. The largest absolute Gasteiger partial charge is 0.376 e. The lowest BCUT2D eigenvalue weighted by Crippen LogP contribution is -2.23. The van der Waals surface area contributed by atoms with Crippen molar-refractivity contribution in [2.75, 3.05) is 18.4 Å². The van der Waals surface area contributed by atoms with Crippen LogP contribution in [0.4, 0.5) is 5.00 Å². The first-order valence-electron chi connectivity index (χ1n) is 4.56. The summed E-state index contributed by atoms with van der Waals surface area (Å²) in [7, 11) is 0. The van der Waals surface area contributed by atoms with Crippen LogP contribution < -0.4 is 10.6 Å². The molecular formula is C9H13BrN2S. The highest BCUT2D eigenvalue weighted by Gasteiger charge is 2.19. The van der Waals surface area contributed by atoms with Crippen molar-refractivity contribution in [2.24, 2.45) is 0 Å². The van der Waals surface area contributed by atoms with Gasteiger partial charge in [0, 0.05) is 29.0 Å². The third-order valence-corrected chi connectivity index (χ3v) is 3.65. The van der Waals surface area contributed by atoms with Crippen LogP contribution in [-0.2, 0) is 0 Å². The normalized spacial score (nSPS) is 16.1. The second kappa shape index (κ2) is 4.44. The van der Waals surface area contributed by atoms with E-state index in [-0.39, 0.29) is 0 Å². The maximum atomic E-state index is 3.46. The van der Waals surface area contributed by atoms with E-state index in [4.69, 9.17) is 0 Å². The van der Waals surface area contributed by atoms with E-state index in [1.807, 2.05) is 0 Å². The zero-order chi connectivity index (χ0) is 9.10. The highest BCUT2D eigenvalue weighted by molar-refractivity contribution is 9.10. The number of rotatable bonds is 5. The lowest BCUT2D eigenvalue weighted by Gasteiger charge is -2.03. The van der Waals surface area contributed by atoms with Gasteiger partial charge in [-0.3, -0.25) is 0 Å². The first-order valence-corrected chi connectivity index (χ1v) is 6.23. The summed E-state index contributed by atoms with van der Waals surface area (Å²) in [6.45, 7) is 2.09. The van der Waals surface area contributed by atoms with Crippen LogP contribution in [0, 0.1) is 0 Å². The summed E-state index contributed by atoms with van der Waals surface area (Å²) in [4.78, 5) is 0. The van der Waals surface area contributed by atoms with Crippen molar-refractivity contribution in [3.63, 3.8) is 0 Å². The molecule has 0 spiro atoms. The first-order chi connectivity index (χ1) is 6.34. The van der Waals surface area contributed by atoms with E-state index >= 15 is 0 Å². The van der Waals surface area contributed by atoms with Gasteiger partial charge in [-0.2, -0.15) is 0 Å².